The van der Waals surface area contributed by atoms with Crippen molar-refractivity contribution in [2.75, 3.05) is 0 Å². The molecule has 0 N–H and O–H groups in total. The fraction of sp³-hybridized carbons (Fsp3) is 0.182. The van der Waals surface area contributed by atoms with Gasteiger partial charge in [0.05, 0.1) is 10.6 Å². The number of hydrogen-bond acceptors (Lipinski definition) is 5. The standard InChI is InChI=1S/C11H9NO3S/c1-6-11(15-5-12-6)10(14)9-3-8(4-13)7(2)16-9/h3-5H,1-2H3. The molecule has 0 unspecified atom stereocenters. The highest BCUT2D eigenvalue weighted by Gasteiger charge is 2.19. The molecule has 0 saturated heterocycles. The van der Waals surface area contributed by atoms with Crippen LogP contribution in [0.4, 0.5) is 0 Å². The van der Waals surface area contributed by atoms with Gasteiger partial charge in [0.25, 0.3) is 0 Å². The summed E-state index contributed by atoms with van der Waals surface area (Å²) in [7, 11) is 0. The number of carbonyl (C=O) groups is 2. The third-order valence-corrected chi connectivity index (χ3v) is 3.32. The van der Waals surface area contributed by atoms with E-state index < -0.39 is 0 Å². The van der Waals surface area contributed by atoms with Crippen LogP contribution in [0.2, 0.25) is 0 Å². The van der Waals surface area contributed by atoms with Gasteiger partial charge < -0.3 is 4.42 Å². The fourth-order valence-electron chi connectivity index (χ4n) is 1.36. The number of nitrogens with zero attached hydrogens (tertiary/aromatic N) is 1. The maximum Gasteiger partial charge on any atom is 0.240 e. The Bertz CT molecular complexity index is 553. The number of carbonyl (C=O) groups excluding carboxylic acids is 2. The Balaban J connectivity index is 2.42. The molecule has 16 heavy (non-hydrogen) atoms. The van der Waals surface area contributed by atoms with E-state index in [-0.39, 0.29) is 11.5 Å². The molecule has 0 aromatic carbocycles. The van der Waals surface area contributed by atoms with Gasteiger partial charge in [0.1, 0.15) is 0 Å². The van der Waals surface area contributed by atoms with Crippen molar-refractivity contribution in [3.05, 3.63) is 39.2 Å². The number of aldehydes is 1. The van der Waals surface area contributed by atoms with E-state index >= 15 is 0 Å². The molecule has 82 valence electrons. The molecule has 0 aliphatic carbocycles. The van der Waals surface area contributed by atoms with Crippen molar-refractivity contribution in [2.24, 2.45) is 0 Å². The molecular weight excluding hydrogens is 226 g/mol. The second-order valence-electron chi connectivity index (χ2n) is 3.34. The van der Waals surface area contributed by atoms with Gasteiger partial charge in [0, 0.05) is 10.4 Å². The Morgan fingerprint density at radius 2 is 2.25 bits per heavy atom. The maximum absolute atomic E-state index is 12.0. The van der Waals surface area contributed by atoms with E-state index in [2.05, 4.69) is 4.98 Å². The van der Waals surface area contributed by atoms with Crippen molar-refractivity contribution >= 4 is 23.4 Å². The monoisotopic (exact) mass is 235 g/mol. The van der Waals surface area contributed by atoms with Crippen LogP contribution in [0, 0.1) is 13.8 Å². The number of aryl methyl sites for hydroxylation is 2. The number of thiophene rings is 1. The fourth-order valence-corrected chi connectivity index (χ4v) is 2.28. The smallest absolute Gasteiger partial charge is 0.240 e. The number of aromatic nitrogens is 1. The third kappa shape index (κ3) is 1.69. The second kappa shape index (κ2) is 4.02. The molecule has 0 amide bonds. The van der Waals surface area contributed by atoms with E-state index in [1.807, 2.05) is 0 Å². The van der Waals surface area contributed by atoms with Crippen LogP contribution in [0.25, 0.3) is 0 Å². The predicted octanol–water partition coefficient (Wildman–Crippen LogP) is 2.40. The van der Waals surface area contributed by atoms with E-state index in [0.717, 1.165) is 11.2 Å². The van der Waals surface area contributed by atoms with Crippen LogP contribution in [0.15, 0.2) is 16.9 Å². The Morgan fingerprint density at radius 1 is 1.50 bits per heavy atom. The molecular formula is C11H9NO3S. The normalized spacial score (nSPS) is 10.4. The highest BCUT2D eigenvalue weighted by Crippen LogP contribution is 2.23. The molecule has 2 aromatic heterocycles. The Labute approximate surface area is 95.9 Å². The lowest BCUT2D eigenvalue weighted by Gasteiger charge is -1.92. The van der Waals surface area contributed by atoms with Crippen LogP contribution >= 0.6 is 11.3 Å². The highest BCUT2D eigenvalue weighted by molar-refractivity contribution is 7.14. The molecule has 0 spiro atoms. The summed E-state index contributed by atoms with van der Waals surface area (Å²) >= 11 is 1.29. The molecule has 0 atom stereocenters. The molecule has 0 aliphatic heterocycles. The Kier molecular flexibility index (Phi) is 2.70. The molecule has 2 rings (SSSR count). The van der Waals surface area contributed by atoms with Crippen LogP contribution in [0.1, 0.15) is 36.4 Å². The van der Waals surface area contributed by atoms with Crippen molar-refractivity contribution < 1.29 is 14.0 Å². The summed E-state index contributed by atoms with van der Waals surface area (Å²) in [4.78, 5) is 27.8. The minimum absolute atomic E-state index is 0.226. The van der Waals surface area contributed by atoms with E-state index in [4.69, 9.17) is 4.42 Å². The van der Waals surface area contributed by atoms with Crippen molar-refractivity contribution in [3.8, 4) is 0 Å². The zero-order valence-electron chi connectivity index (χ0n) is 8.81. The van der Waals surface area contributed by atoms with E-state index in [1.165, 1.54) is 17.7 Å². The van der Waals surface area contributed by atoms with Gasteiger partial charge in [-0.3, -0.25) is 9.59 Å². The van der Waals surface area contributed by atoms with Crippen LogP contribution in [0.5, 0.6) is 0 Å². The van der Waals surface area contributed by atoms with E-state index in [1.54, 1.807) is 19.9 Å². The van der Waals surface area contributed by atoms with Gasteiger partial charge in [0.2, 0.25) is 5.78 Å². The zero-order chi connectivity index (χ0) is 11.7. The summed E-state index contributed by atoms with van der Waals surface area (Å²) < 4.78 is 5.02. The summed E-state index contributed by atoms with van der Waals surface area (Å²) in [5, 5.41) is 0. The average Bonchev–Trinajstić information content (AvgIpc) is 2.83. The van der Waals surface area contributed by atoms with Gasteiger partial charge in [-0.1, -0.05) is 0 Å². The predicted molar refractivity (Wildman–Crippen MR) is 59.1 cm³/mol. The first kappa shape index (κ1) is 10.8. The van der Waals surface area contributed by atoms with Crippen molar-refractivity contribution in [1.82, 2.24) is 4.98 Å². The number of ketones is 1. The van der Waals surface area contributed by atoms with Gasteiger partial charge in [0.15, 0.2) is 18.4 Å². The molecule has 0 bridgehead atoms. The van der Waals surface area contributed by atoms with E-state index in [9.17, 15) is 9.59 Å². The van der Waals surface area contributed by atoms with Crippen molar-refractivity contribution in [2.45, 2.75) is 13.8 Å². The molecule has 0 aliphatic rings. The first-order valence-electron chi connectivity index (χ1n) is 4.64. The van der Waals surface area contributed by atoms with Gasteiger partial charge >= 0.3 is 0 Å². The summed E-state index contributed by atoms with van der Waals surface area (Å²) in [6.07, 6.45) is 1.99. The maximum atomic E-state index is 12.0. The number of rotatable bonds is 3. The SMILES string of the molecule is Cc1ncoc1C(=O)c1cc(C=O)c(C)s1. The molecule has 0 fully saturated rings. The quantitative estimate of drug-likeness (QED) is 0.605. The minimum Gasteiger partial charge on any atom is -0.440 e. The zero-order valence-corrected chi connectivity index (χ0v) is 9.63. The van der Waals surface area contributed by atoms with Gasteiger partial charge in [-0.15, -0.1) is 11.3 Å². The summed E-state index contributed by atoms with van der Waals surface area (Å²) in [5.74, 6) is 0.00917. The van der Waals surface area contributed by atoms with Crippen LogP contribution < -0.4 is 0 Å². The largest absolute Gasteiger partial charge is 0.440 e. The first-order chi connectivity index (χ1) is 7.63. The molecule has 2 heterocycles. The van der Waals surface area contributed by atoms with Crippen LogP contribution in [-0.4, -0.2) is 17.1 Å². The van der Waals surface area contributed by atoms with Gasteiger partial charge in [-0.25, -0.2) is 4.98 Å². The van der Waals surface area contributed by atoms with Gasteiger partial charge in [-0.2, -0.15) is 0 Å². The molecule has 0 radical (unpaired) electrons. The Morgan fingerprint density at radius 3 is 2.75 bits per heavy atom. The molecule has 0 saturated carbocycles. The first-order valence-corrected chi connectivity index (χ1v) is 5.45. The van der Waals surface area contributed by atoms with E-state index in [0.29, 0.717) is 16.1 Å². The lowest BCUT2D eigenvalue weighted by Crippen LogP contribution is -1.98. The summed E-state index contributed by atoms with van der Waals surface area (Å²) in [5.41, 5.74) is 1.11. The van der Waals surface area contributed by atoms with Crippen molar-refractivity contribution in [1.29, 1.82) is 0 Å². The van der Waals surface area contributed by atoms with Gasteiger partial charge in [-0.05, 0) is 19.9 Å². The second-order valence-corrected chi connectivity index (χ2v) is 4.59. The van der Waals surface area contributed by atoms with Crippen LogP contribution in [-0.2, 0) is 0 Å². The van der Waals surface area contributed by atoms with Crippen LogP contribution in [0.3, 0.4) is 0 Å². The Hall–Kier alpha value is -1.75. The van der Waals surface area contributed by atoms with Crippen molar-refractivity contribution in [3.63, 3.8) is 0 Å². The average molecular weight is 235 g/mol. The highest BCUT2D eigenvalue weighted by atomic mass is 32.1. The topological polar surface area (TPSA) is 60.2 Å². The molecule has 5 heteroatoms. The summed E-state index contributed by atoms with van der Waals surface area (Å²) in [6, 6.07) is 1.58. The molecule has 4 nitrogen and oxygen atoms in total. The number of oxazole rings is 1. The minimum atomic E-state index is -0.226. The third-order valence-electron chi connectivity index (χ3n) is 2.26. The number of hydrogen-bond donors (Lipinski definition) is 0. The lowest BCUT2D eigenvalue weighted by molar-refractivity contribution is 0.101. The molecule has 2 aromatic rings. The lowest BCUT2D eigenvalue weighted by atomic mass is 10.2. The summed E-state index contributed by atoms with van der Waals surface area (Å²) in [6.45, 7) is 3.51.